The highest BCUT2D eigenvalue weighted by Gasteiger charge is 2.23. The standard InChI is InChI=1S/C12H18N2O2/c1-3-16-12(15)10-8-11(14(2)13-10)9-6-4-5-7-9/h8-9H,3-7H2,1-2H3. The first-order chi connectivity index (χ1) is 7.72. The number of hydrogen-bond acceptors (Lipinski definition) is 3. The van der Waals surface area contributed by atoms with E-state index in [0.717, 1.165) is 0 Å². The molecule has 0 spiro atoms. The third-order valence-electron chi connectivity index (χ3n) is 3.17. The van der Waals surface area contributed by atoms with Gasteiger partial charge in [0.15, 0.2) is 5.69 Å². The van der Waals surface area contributed by atoms with Crippen molar-refractivity contribution in [1.29, 1.82) is 0 Å². The lowest BCUT2D eigenvalue weighted by Crippen LogP contribution is -2.06. The van der Waals surface area contributed by atoms with Crippen LogP contribution >= 0.6 is 0 Å². The molecule has 1 heterocycles. The summed E-state index contributed by atoms with van der Waals surface area (Å²) >= 11 is 0. The molecule has 1 fully saturated rings. The lowest BCUT2D eigenvalue weighted by molar-refractivity contribution is 0.0518. The van der Waals surface area contributed by atoms with Gasteiger partial charge in [0.25, 0.3) is 0 Å². The topological polar surface area (TPSA) is 44.1 Å². The number of carbonyl (C=O) groups excluding carboxylic acids is 1. The van der Waals surface area contributed by atoms with Crippen LogP contribution in [0.1, 0.15) is 54.7 Å². The van der Waals surface area contributed by atoms with Crippen LogP contribution in [-0.4, -0.2) is 22.4 Å². The van der Waals surface area contributed by atoms with Gasteiger partial charge >= 0.3 is 5.97 Å². The lowest BCUT2D eigenvalue weighted by atomic mass is 10.0. The van der Waals surface area contributed by atoms with Gasteiger partial charge < -0.3 is 4.74 Å². The first kappa shape index (κ1) is 11.2. The summed E-state index contributed by atoms with van der Waals surface area (Å²) in [6.07, 6.45) is 4.98. The van der Waals surface area contributed by atoms with Crippen LogP contribution in [0.4, 0.5) is 0 Å². The van der Waals surface area contributed by atoms with Crippen LogP contribution in [0.15, 0.2) is 6.07 Å². The van der Waals surface area contributed by atoms with Gasteiger partial charge in [0, 0.05) is 18.7 Å². The second-order valence-electron chi connectivity index (χ2n) is 4.28. The Hall–Kier alpha value is -1.32. The van der Waals surface area contributed by atoms with Gasteiger partial charge in [-0.1, -0.05) is 12.8 Å². The van der Waals surface area contributed by atoms with Crippen molar-refractivity contribution >= 4 is 5.97 Å². The molecule has 0 atom stereocenters. The van der Waals surface area contributed by atoms with E-state index in [9.17, 15) is 4.79 Å². The third kappa shape index (κ3) is 2.10. The van der Waals surface area contributed by atoms with Gasteiger partial charge in [-0.2, -0.15) is 5.10 Å². The van der Waals surface area contributed by atoms with Crippen molar-refractivity contribution in [3.8, 4) is 0 Å². The van der Waals surface area contributed by atoms with E-state index in [4.69, 9.17) is 4.74 Å². The van der Waals surface area contributed by atoms with Crippen LogP contribution in [0.2, 0.25) is 0 Å². The molecule has 0 aliphatic heterocycles. The Morgan fingerprint density at radius 3 is 2.88 bits per heavy atom. The van der Waals surface area contributed by atoms with Gasteiger partial charge in [0.1, 0.15) is 0 Å². The third-order valence-corrected chi connectivity index (χ3v) is 3.17. The Morgan fingerprint density at radius 2 is 2.25 bits per heavy atom. The maximum Gasteiger partial charge on any atom is 0.358 e. The van der Waals surface area contributed by atoms with Crippen molar-refractivity contribution in [1.82, 2.24) is 9.78 Å². The average Bonchev–Trinajstić information content (AvgIpc) is 2.86. The lowest BCUT2D eigenvalue weighted by Gasteiger charge is -2.07. The minimum absolute atomic E-state index is 0.317. The second kappa shape index (κ2) is 4.68. The zero-order valence-electron chi connectivity index (χ0n) is 9.90. The second-order valence-corrected chi connectivity index (χ2v) is 4.28. The highest BCUT2D eigenvalue weighted by atomic mass is 16.5. The minimum atomic E-state index is -0.317. The van der Waals surface area contributed by atoms with Crippen molar-refractivity contribution < 1.29 is 9.53 Å². The first-order valence-electron chi connectivity index (χ1n) is 5.93. The normalized spacial score (nSPS) is 16.6. The molecule has 1 saturated carbocycles. The highest BCUT2D eigenvalue weighted by Crippen LogP contribution is 2.34. The van der Waals surface area contributed by atoms with Crippen molar-refractivity contribution in [2.75, 3.05) is 6.61 Å². The number of esters is 1. The average molecular weight is 222 g/mol. The van der Waals surface area contributed by atoms with Crippen LogP contribution in [0.5, 0.6) is 0 Å². The Balaban J connectivity index is 2.17. The monoisotopic (exact) mass is 222 g/mol. The molecule has 0 amide bonds. The Bertz CT molecular complexity index is 378. The molecule has 4 nitrogen and oxygen atoms in total. The number of aromatic nitrogens is 2. The van der Waals surface area contributed by atoms with E-state index < -0.39 is 0 Å². The molecule has 0 saturated heterocycles. The molecule has 0 radical (unpaired) electrons. The molecule has 88 valence electrons. The van der Waals surface area contributed by atoms with Crippen LogP contribution in [-0.2, 0) is 11.8 Å². The fraction of sp³-hybridized carbons (Fsp3) is 0.667. The van der Waals surface area contributed by atoms with Gasteiger partial charge in [0.2, 0.25) is 0 Å². The van der Waals surface area contributed by atoms with Gasteiger partial charge in [0.05, 0.1) is 6.61 Å². The summed E-state index contributed by atoms with van der Waals surface area (Å²) in [5, 5.41) is 4.22. The Kier molecular flexibility index (Phi) is 3.27. The molecule has 2 rings (SSSR count). The van der Waals surface area contributed by atoms with Crippen molar-refractivity contribution in [3.05, 3.63) is 17.5 Å². The highest BCUT2D eigenvalue weighted by molar-refractivity contribution is 5.87. The Morgan fingerprint density at radius 1 is 1.56 bits per heavy atom. The van der Waals surface area contributed by atoms with Crippen LogP contribution in [0, 0.1) is 0 Å². The molecule has 4 heteroatoms. The zero-order chi connectivity index (χ0) is 11.5. The number of aryl methyl sites for hydroxylation is 1. The predicted octanol–water partition coefficient (Wildman–Crippen LogP) is 2.25. The summed E-state index contributed by atoms with van der Waals surface area (Å²) in [6.45, 7) is 2.20. The van der Waals surface area contributed by atoms with E-state index in [1.54, 1.807) is 6.92 Å². The van der Waals surface area contributed by atoms with E-state index in [-0.39, 0.29) is 5.97 Å². The van der Waals surface area contributed by atoms with E-state index in [1.807, 2.05) is 17.8 Å². The summed E-state index contributed by atoms with van der Waals surface area (Å²) in [5.41, 5.74) is 1.60. The summed E-state index contributed by atoms with van der Waals surface area (Å²) in [4.78, 5) is 11.5. The van der Waals surface area contributed by atoms with E-state index in [2.05, 4.69) is 5.10 Å². The van der Waals surface area contributed by atoms with E-state index >= 15 is 0 Å². The number of nitrogens with zero attached hydrogens (tertiary/aromatic N) is 2. The van der Waals surface area contributed by atoms with Gasteiger partial charge in [-0.25, -0.2) is 4.79 Å². The first-order valence-corrected chi connectivity index (χ1v) is 5.93. The summed E-state index contributed by atoms with van der Waals surface area (Å²) in [5.74, 6) is 0.253. The molecular weight excluding hydrogens is 204 g/mol. The molecule has 16 heavy (non-hydrogen) atoms. The molecule has 0 aromatic carbocycles. The zero-order valence-corrected chi connectivity index (χ0v) is 9.90. The quantitative estimate of drug-likeness (QED) is 0.737. The van der Waals surface area contributed by atoms with Crippen LogP contribution < -0.4 is 0 Å². The summed E-state index contributed by atoms with van der Waals surface area (Å²) < 4.78 is 6.77. The minimum Gasteiger partial charge on any atom is -0.461 e. The van der Waals surface area contributed by atoms with Crippen molar-refractivity contribution in [2.45, 2.75) is 38.5 Å². The number of ether oxygens (including phenoxy) is 1. The number of carbonyl (C=O) groups is 1. The molecule has 0 N–H and O–H groups in total. The van der Waals surface area contributed by atoms with E-state index in [0.29, 0.717) is 18.2 Å². The fourth-order valence-electron chi connectivity index (χ4n) is 2.39. The molecular formula is C12H18N2O2. The molecule has 0 bridgehead atoms. The fourth-order valence-corrected chi connectivity index (χ4v) is 2.39. The number of hydrogen-bond donors (Lipinski definition) is 0. The molecule has 1 aliphatic carbocycles. The van der Waals surface area contributed by atoms with Crippen LogP contribution in [0.25, 0.3) is 0 Å². The molecule has 0 unspecified atom stereocenters. The predicted molar refractivity (Wildman–Crippen MR) is 60.4 cm³/mol. The van der Waals surface area contributed by atoms with Gasteiger partial charge in [-0.05, 0) is 25.8 Å². The molecule has 1 aliphatic rings. The largest absolute Gasteiger partial charge is 0.461 e. The molecule has 1 aromatic rings. The summed E-state index contributed by atoms with van der Waals surface area (Å²) in [7, 11) is 1.90. The smallest absolute Gasteiger partial charge is 0.358 e. The summed E-state index contributed by atoms with van der Waals surface area (Å²) in [6, 6.07) is 1.88. The molecule has 1 aromatic heterocycles. The maximum absolute atomic E-state index is 11.5. The van der Waals surface area contributed by atoms with E-state index in [1.165, 1.54) is 31.4 Å². The van der Waals surface area contributed by atoms with Crippen LogP contribution in [0.3, 0.4) is 0 Å². The van der Waals surface area contributed by atoms with Gasteiger partial charge in [-0.15, -0.1) is 0 Å². The Labute approximate surface area is 95.6 Å². The maximum atomic E-state index is 11.5. The van der Waals surface area contributed by atoms with Gasteiger partial charge in [-0.3, -0.25) is 4.68 Å². The van der Waals surface area contributed by atoms with Crippen molar-refractivity contribution in [2.24, 2.45) is 7.05 Å². The number of rotatable bonds is 3. The SMILES string of the molecule is CCOC(=O)c1cc(C2CCCC2)n(C)n1. The van der Waals surface area contributed by atoms with Crippen molar-refractivity contribution in [3.63, 3.8) is 0 Å².